The molecule has 3 aromatic rings. The zero-order valence-corrected chi connectivity index (χ0v) is 19.9. The number of hydrogen-bond donors (Lipinski definition) is 1. The Hall–Kier alpha value is -2.94. The van der Waals surface area contributed by atoms with Gasteiger partial charge in [0.15, 0.2) is 11.5 Å². The molecule has 2 bridgehead atoms. The van der Waals surface area contributed by atoms with Gasteiger partial charge in [0.05, 0.1) is 18.5 Å². The van der Waals surface area contributed by atoms with Gasteiger partial charge in [0, 0.05) is 24.6 Å². The molecule has 2 fully saturated rings. The Bertz CT molecular complexity index is 1140. The van der Waals surface area contributed by atoms with Crippen LogP contribution in [0.2, 0.25) is 0 Å². The number of rotatable bonds is 9. The third-order valence-electron chi connectivity index (χ3n) is 7.07. The second kappa shape index (κ2) is 9.74. The van der Waals surface area contributed by atoms with Crippen molar-refractivity contribution in [3.05, 3.63) is 41.5 Å². The molecule has 4 heterocycles. The Morgan fingerprint density at radius 1 is 1.18 bits per heavy atom. The molecule has 0 saturated carbocycles. The topological polar surface area (TPSA) is 90.8 Å². The molecule has 8 nitrogen and oxygen atoms in total. The van der Waals surface area contributed by atoms with Gasteiger partial charge in [-0.2, -0.15) is 4.98 Å². The lowest BCUT2D eigenvalue weighted by molar-refractivity contribution is 0.0528. The summed E-state index contributed by atoms with van der Waals surface area (Å²) in [6.07, 6.45) is 8.53. The van der Waals surface area contributed by atoms with E-state index in [4.69, 9.17) is 15.2 Å². The molecule has 0 amide bonds. The number of aromatic nitrogens is 4. The second-order valence-corrected chi connectivity index (χ2v) is 9.32. The number of fused-ring (bicyclic) bond motifs is 3. The predicted molar refractivity (Wildman–Crippen MR) is 128 cm³/mol. The maximum atomic E-state index is 15.0. The van der Waals surface area contributed by atoms with Gasteiger partial charge >= 0.3 is 6.01 Å². The molecule has 5 rings (SSSR count). The average Bonchev–Trinajstić information content (AvgIpc) is 3.33. The number of hydrogen-bond acceptors (Lipinski definition) is 7. The first kappa shape index (κ1) is 22.8. The van der Waals surface area contributed by atoms with E-state index in [0.717, 1.165) is 32.2 Å². The highest BCUT2D eigenvalue weighted by atomic mass is 19.1. The SMILES string of the molecule is CCCCOc1nc(N)c2ncc(Cc3ccc(OC4C[C@H]5CC[C@H](C4)N5CC)cc3F)n2n1. The summed E-state index contributed by atoms with van der Waals surface area (Å²) >= 11 is 0. The summed E-state index contributed by atoms with van der Waals surface area (Å²) in [5.41, 5.74) is 7.73. The van der Waals surface area contributed by atoms with Crippen LogP contribution in [0, 0.1) is 5.82 Å². The number of benzene rings is 1. The Kier molecular flexibility index (Phi) is 6.54. The van der Waals surface area contributed by atoms with Crippen molar-refractivity contribution in [2.75, 3.05) is 18.9 Å². The number of ether oxygens (including phenoxy) is 2. The lowest BCUT2D eigenvalue weighted by Crippen LogP contribution is -2.46. The van der Waals surface area contributed by atoms with Gasteiger partial charge in [0.25, 0.3) is 0 Å². The van der Waals surface area contributed by atoms with E-state index in [1.165, 1.54) is 18.9 Å². The summed E-state index contributed by atoms with van der Waals surface area (Å²) in [5.74, 6) is 0.523. The van der Waals surface area contributed by atoms with Crippen LogP contribution >= 0.6 is 0 Å². The van der Waals surface area contributed by atoms with Crippen LogP contribution in [-0.4, -0.2) is 55.8 Å². The highest BCUT2D eigenvalue weighted by Gasteiger charge is 2.40. The molecule has 182 valence electrons. The van der Waals surface area contributed by atoms with E-state index in [-0.39, 0.29) is 23.7 Å². The zero-order valence-electron chi connectivity index (χ0n) is 19.9. The molecule has 0 spiro atoms. The fraction of sp³-hybridized carbons (Fsp3) is 0.560. The van der Waals surface area contributed by atoms with Crippen LogP contribution in [0.15, 0.2) is 24.4 Å². The van der Waals surface area contributed by atoms with Gasteiger partial charge in [0.1, 0.15) is 17.7 Å². The van der Waals surface area contributed by atoms with Crippen LogP contribution in [0.1, 0.15) is 63.6 Å². The standard InChI is InChI=1S/C25H33FN6O2/c1-3-5-10-33-25-29-23(27)24-28-15-19(32(24)30-25)11-16-6-9-20(14-22(16)26)34-21-12-17-7-8-18(13-21)31(17)4-2/h6,9,14-15,17-18,21H,3-5,7-8,10-13H2,1-2H3,(H2,27,29,30)/t17-,18-/m1/s1. The third kappa shape index (κ3) is 4.53. The number of nitrogen functional groups attached to an aromatic ring is 1. The van der Waals surface area contributed by atoms with Gasteiger partial charge < -0.3 is 15.2 Å². The van der Waals surface area contributed by atoms with E-state index in [1.54, 1.807) is 16.8 Å². The van der Waals surface area contributed by atoms with E-state index in [0.29, 0.717) is 47.8 Å². The molecule has 2 N–H and O–H groups in total. The van der Waals surface area contributed by atoms with Crippen LogP contribution in [-0.2, 0) is 6.42 Å². The van der Waals surface area contributed by atoms with E-state index < -0.39 is 0 Å². The number of nitrogens with two attached hydrogens (primary N) is 1. The maximum absolute atomic E-state index is 15.0. The fourth-order valence-electron chi connectivity index (χ4n) is 5.39. The van der Waals surface area contributed by atoms with Gasteiger partial charge in [-0.3, -0.25) is 4.90 Å². The summed E-state index contributed by atoms with van der Waals surface area (Å²) in [5, 5.41) is 4.41. The van der Waals surface area contributed by atoms with Gasteiger partial charge in [-0.25, -0.2) is 13.9 Å². The van der Waals surface area contributed by atoms with Crippen LogP contribution in [0.4, 0.5) is 10.2 Å². The Balaban J connectivity index is 1.29. The van der Waals surface area contributed by atoms with Crippen LogP contribution in [0.5, 0.6) is 11.8 Å². The van der Waals surface area contributed by atoms with Crippen molar-refractivity contribution >= 4 is 11.5 Å². The molecule has 0 aliphatic carbocycles. The van der Waals surface area contributed by atoms with Gasteiger partial charge in [0.2, 0.25) is 0 Å². The van der Waals surface area contributed by atoms with Crippen molar-refractivity contribution in [1.29, 1.82) is 0 Å². The van der Waals surface area contributed by atoms with E-state index in [9.17, 15) is 0 Å². The average molecular weight is 469 g/mol. The smallest absolute Gasteiger partial charge is 0.336 e. The molecule has 1 aromatic carbocycles. The third-order valence-corrected chi connectivity index (χ3v) is 7.07. The molecular weight excluding hydrogens is 435 g/mol. The predicted octanol–water partition coefficient (Wildman–Crippen LogP) is 4.01. The number of halogens is 1. The quantitative estimate of drug-likeness (QED) is 0.475. The maximum Gasteiger partial charge on any atom is 0.336 e. The molecule has 0 radical (unpaired) electrons. The number of unbranched alkanes of at least 4 members (excludes halogenated alkanes) is 1. The lowest BCUT2D eigenvalue weighted by atomic mass is 9.99. The zero-order chi connectivity index (χ0) is 23.7. The Labute approximate surface area is 199 Å². The van der Waals surface area contributed by atoms with Crippen LogP contribution in [0.3, 0.4) is 0 Å². The summed E-state index contributed by atoms with van der Waals surface area (Å²) in [4.78, 5) is 11.1. The van der Waals surface area contributed by atoms with Crippen molar-refractivity contribution < 1.29 is 13.9 Å². The first-order chi connectivity index (χ1) is 16.6. The number of piperidine rings is 1. The van der Waals surface area contributed by atoms with Crippen molar-refractivity contribution in [3.63, 3.8) is 0 Å². The van der Waals surface area contributed by atoms with Crippen molar-refractivity contribution in [2.24, 2.45) is 0 Å². The molecule has 0 unspecified atom stereocenters. The van der Waals surface area contributed by atoms with E-state index in [1.807, 2.05) is 6.07 Å². The van der Waals surface area contributed by atoms with Gasteiger partial charge in [-0.05, 0) is 50.3 Å². The first-order valence-corrected chi connectivity index (χ1v) is 12.4. The lowest BCUT2D eigenvalue weighted by Gasteiger charge is -2.38. The highest BCUT2D eigenvalue weighted by molar-refractivity contribution is 5.59. The minimum Gasteiger partial charge on any atom is -0.490 e. The summed E-state index contributed by atoms with van der Waals surface area (Å²) in [6, 6.07) is 6.53. The fourth-order valence-corrected chi connectivity index (χ4v) is 5.39. The minimum atomic E-state index is -0.303. The summed E-state index contributed by atoms with van der Waals surface area (Å²) in [7, 11) is 0. The molecule has 2 aliphatic rings. The molecule has 9 heteroatoms. The van der Waals surface area contributed by atoms with E-state index in [2.05, 4.69) is 33.8 Å². The van der Waals surface area contributed by atoms with E-state index >= 15 is 4.39 Å². The van der Waals surface area contributed by atoms with Crippen molar-refractivity contribution in [2.45, 2.75) is 77.0 Å². The molecule has 2 aliphatic heterocycles. The van der Waals surface area contributed by atoms with Crippen LogP contribution in [0.25, 0.3) is 5.65 Å². The van der Waals surface area contributed by atoms with Crippen molar-refractivity contribution in [1.82, 2.24) is 24.5 Å². The number of imidazole rings is 1. The molecular formula is C25H33FN6O2. The Morgan fingerprint density at radius 2 is 1.97 bits per heavy atom. The monoisotopic (exact) mass is 468 g/mol. The molecule has 34 heavy (non-hydrogen) atoms. The molecule has 2 atom stereocenters. The molecule has 2 saturated heterocycles. The largest absolute Gasteiger partial charge is 0.490 e. The molecule has 2 aromatic heterocycles. The van der Waals surface area contributed by atoms with Crippen molar-refractivity contribution in [3.8, 4) is 11.8 Å². The summed E-state index contributed by atoms with van der Waals surface area (Å²) in [6.45, 7) is 5.92. The van der Waals surface area contributed by atoms with Gasteiger partial charge in [-0.1, -0.05) is 26.3 Å². The summed E-state index contributed by atoms with van der Waals surface area (Å²) < 4.78 is 28.5. The number of nitrogens with zero attached hydrogens (tertiary/aromatic N) is 5. The highest BCUT2D eigenvalue weighted by Crippen LogP contribution is 2.37. The minimum absolute atomic E-state index is 0.148. The second-order valence-electron chi connectivity index (χ2n) is 9.32. The number of anilines is 1. The Morgan fingerprint density at radius 3 is 2.68 bits per heavy atom. The van der Waals surface area contributed by atoms with Gasteiger partial charge in [-0.15, -0.1) is 5.10 Å². The first-order valence-electron chi connectivity index (χ1n) is 12.4. The van der Waals surface area contributed by atoms with Crippen LogP contribution < -0.4 is 15.2 Å². The normalized spacial score (nSPS) is 22.4.